The number of nitrogens with one attached hydrogen (secondary N) is 2. The molecule has 0 saturated heterocycles. The van der Waals surface area contributed by atoms with Crippen molar-refractivity contribution < 1.29 is 18.3 Å². The standard InChI is InChI=1S/C15H18N2O4S2/c1-11(18)10-16-14(19)9-12-4-6-13(7-5-12)17-23(20,21)15-3-2-8-22-15/h2-8,11,17-18H,9-10H2,1H3,(H,16,19). The fourth-order valence-corrected chi connectivity index (χ4v) is 3.87. The predicted molar refractivity (Wildman–Crippen MR) is 90.0 cm³/mol. The Balaban J connectivity index is 1.96. The summed E-state index contributed by atoms with van der Waals surface area (Å²) < 4.78 is 26.9. The lowest BCUT2D eigenvalue weighted by Crippen LogP contribution is -2.31. The Morgan fingerprint density at radius 1 is 1.26 bits per heavy atom. The molecule has 0 spiro atoms. The zero-order valence-electron chi connectivity index (χ0n) is 12.5. The van der Waals surface area contributed by atoms with Crippen molar-refractivity contribution in [2.75, 3.05) is 11.3 Å². The zero-order valence-corrected chi connectivity index (χ0v) is 14.2. The van der Waals surface area contributed by atoms with Gasteiger partial charge in [0.25, 0.3) is 10.0 Å². The second-order valence-corrected chi connectivity index (χ2v) is 7.92. The normalized spacial score (nSPS) is 12.6. The Morgan fingerprint density at radius 3 is 2.52 bits per heavy atom. The van der Waals surface area contributed by atoms with Gasteiger partial charge < -0.3 is 10.4 Å². The molecular weight excluding hydrogens is 336 g/mol. The monoisotopic (exact) mass is 354 g/mol. The van der Waals surface area contributed by atoms with Gasteiger partial charge in [-0.3, -0.25) is 9.52 Å². The van der Waals surface area contributed by atoms with Crippen molar-refractivity contribution in [3.63, 3.8) is 0 Å². The molecule has 0 aliphatic rings. The lowest BCUT2D eigenvalue weighted by molar-refractivity contribution is -0.120. The van der Waals surface area contributed by atoms with Gasteiger partial charge in [0.1, 0.15) is 4.21 Å². The number of thiophene rings is 1. The fourth-order valence-electron chi connectivity index (χ4n) is 1.82. The summed E-state index contributed by atoms with van der Waals surface area (Å²) in [6.07, 6.45) is -0.419. The third-order valence-electron chi connectivity index (χ3n) is 2.93. The fraction of sp³-hybridized carbons (Fsp3) is 0.267. The van der Waals surface area contributed by atoms with Gasteiger partial charge in [0.2, 0.25) is 5.91 Å². The van der Waals surface area contributed by atoms with E-state index >= 15 is 0 Å². The third kappa shape index (κ3) is 5.34. The maximum absolute atomic E-state index is 12.1. The number of carbonyl (C=O) groups is 1. The average molecular weight is 354 g/mol. The summed E-state index contributed by atoms with van der Waals surface area (Å²) in [5.41, 5.74) is 1.19. The summed E-state index contributed by atoms with van der Waals surface area (Å²) in [4.78, 5) is 11.7. The van der Waals surface area contributed by atoms with Crippen LogP contribution in [0.15, 0.2) is 46.0 Å². The molecule has 1 atom stereocenters. The van der Waals surface area contributed by atoms with Crippen molar-refractivity contribution in [1.29, 1.82) is 0 Å². The van der Waals surface area contributed by atoms with Gasteiger partial charge >= 0.3 is 0 Å². The van der Waals surface area contributed by atoms with E-state index in [1.54, 1.807) is 42.6 Å². The minimum Gasteiger partial charge on any atom is -0.392 e. The van der Waals surface area contributed by atoms with Crippen molar-refractivity contribution in [2.45, 2.75) is 23.7 Å². The molecule has 0 fully saturated rings. The number of anilines is 1. The molecule has 1 aromatic carbocycles. The van der Waals surface area contributed by atoms with E-state index in [1.807, 2.05) is 0 Å². The highest BCUT2D eigenvalue weighted by molar-refractivity contribution is 7.94. The first-order valence-corrected chi connectivity index (χ1v) is 9.33. The number of aliphatic hydroxyl groups is 1. The quantitative estimate of drug-likeness (QED) is 0.703. The highest BCUT2D eigenvalue weighted by atomic mass is 32.2. The second kappa shape index (κ2) is 7.58. The Bertz CT molecular complexity index is 738. The maximum Gasteiger partial charge on any atom is 0.271 e. The highest BCUT2D eigenvalue weighted by Gasteiger charge is 2.15. The van der Waals surface area contributed by atoms with E-state index in [9.17, 15) is 13.2 Å². The molecule has 6 nitrogen and oxygen atoms in total. The summed E-state index contributed by atoms with van der Waals surface area (Å²) in [6.45, 7) is 1.80. The molecule has 1 unspecified atom stereocenters. The van der Waals surface area contributed by atoms with E-state index in [4.69, 9.17) is 5.11 Å². The van der Waals surface area contributed by atoms with Crippen molar-refractivity contribution in [2.24, 2.45) is 0 Å². The smallest absolute Gasteiger partial charge is 0.271 e. The number of hydrogen-bond donors (Lipinski definition) is 3. The van der Waals surface area contributed by atoms with Crippen molar-refractivity contribution in [1.82, 2.24) is 5.32 Å². The molecule has 3 N–H and O–H groups in total. The van der Waals surface area contributed by atoms with E-state index in [-0.39, 0.29) is 23.1 Å². The molecule has 1 aromatic heterocycles. The van der Waals surface area contributed by atoms with Crippen LogP contribution in [0.25, 0.3) is 0 Å². The van der Waals surface area contributed by atoms with Gasteiger partial charge in [-0.2, -0.15) is 0 Å². The van der Waals surface area contributed by atoms with Crippen LogP contribution in [0.4, 0.5) is 5.69 Å². The van der Waals surface area contributed by atoms with Crippen LogP contribution < -0.4 is 10.0 Å². The average Bonchev–Trinajstić information content (AvgIpc) is 3.02. The van der Waals surface area contributed by atoms with Crippen LogP contribution in [-0.4, -0.2) is 32.1 Å². The van der Waals surface area contributed by atoms with Gasteiger partial charge in [0.15, 0.2) is 0 Å². The molecule has 0 saturated carbocycles. The molecular formula is C15H18N2O4S2. The molecule has 8 heteroatoms. The van der Waals surface area contributed by atoms with Crippen LogP contribution in [0.1, 0.15) is 12.5 Å². The lowest BCUT2D eigenvalue weighted by Gasteiger charge is -2.09. The third-order valence-corrected chi connectivity index (χ3v) is 5.70. The van der Waals surface area contributed by atoms with Gasteiger partial charge in [-0.1, -0.05) is 18.2 Å². The van der Waals surface area contributed by atoms with Crippen LogP contribution in [-0.2, 0) is 21.2 Å². The number of benzene rings is 1. The first-order chi connectivity index (χ1) is 10.9. The van der Waals surface area contributed by atoms with E-state index in [1.165, 1.54) is 6.07 Å². The number of carbonyl (C=O) groups excluding carboxylic acids is 1. The summed E-state index contributed by atoms with van der Waals surface area (Å²) in [5.74, 6) is -0.196. The van der Waals surface area contributed by atoms with Gasteiger partial charge in [0.05, 0.1) is 12.5 Å². The first kappa shape index (κ1) is 17.5. The minimum atomic E-state index is -3.56. The lowest BCUT2D eigenvalue weighted by atomic mass is 10.1. The topological polar surface area (TPSA) is 95.5 Å². The largest absolute Gasteiger partial charge is 0.392 e. The molecule has 0 aliphatic carbocycles. The zero-order chi connectivity index (χ0) is 16.9. The van der Waals surface area contributed by atoms with Crippen molar-refractivity contribution in [3.05, 3.63) is 47.3 Å². The van der Waals surface area contributed by atoms with Crippen LogP contribution in [0.5, 0.6) is 0 Å². The first-order valence-electron chi connectivity index (χ1n) is 6.97. The van der Waals surface area contributed by atoms with E-state index in [2.05, 4.69) is 10.0 Å². The van der Waals surface area contributed by atoms with Gasteiger partial charge in [0, 0.05) is 12.2 Å². The number of aliphatic hydroxyl groups excluding tert-OH is 1. The Hall–Kier alpha value is -1.90. The van der Waals surface area contributed by atoms with Gasteiger partial charge in [-0.15, -0.1) is 11.3 Å². The highest BCUT2D eigenvalue weighted by Crippen LogP contribution is 2.20. The Labute approximate surface area is 139 Å². The number of rotatable bonds is 7. The van der Waals surface area contributed by atoms with Gasteiger partial charge in [-0.05, 0) is 36.1 Å². The molecule has 23 heavy (non-hydrogen) atoms. The number of hydrogen-bond acceptors (Lipinski definition) is 5. The molecule has 2 aromatic rings. The van der Waals surface area contributed by atoms with Gasteiger partial charge in [-0.25, -0.2) is 8.42 Å². The molecule has 1 heterocycles. The van der Waals surface area contributed by atoms with Crippen molar-refractivity contribution >= 4 is 33.0 Å². The molecule has 2 rings (SSSR count). The Kier molecular flexibility index (Phi) is 5.75. The van der Waals surface area contributed by atoms with Crippen LogP contribution >= 0.6 is 11.3 Å². The van der Waals surface area contributed by atoms with E-state index in [0.717, 1.165) is 16.9 Å². The molecule has 1 amide bonds. The summed E-state index contributed by atoms with van der Waals surface area (Å²) in [5, 5.41) is 13.4. The van der Waals surface area contributed by atoms with Crippen LogP contribution in [0.2, 0.25) is 0 Å². The summed E-state index contributed by atoms with van der Waals surface area (Å²) in [6, 6.07) is 9.81. The molecule has 0 radical (unpaired) electrons. The molecule has 124 valence electrons. The van der Waals surface area contributed by atoms with Crippen LogP contribution in [0, 0.1) is 0 Å². The molecule has 0 aliphatic heterocycles. The number of sulfonamides is 1. The number of amides is 1. The second-order valence-electron chi connectivity index (χ2n) is 5.06. The van der Waals surface area contributed by atoms with Crippen LogP contribution in [0.3, 0.4) is 0 Å². The Morgan fingerprint density at radius 2 is 1.96 bits per heavy atom. The predicted octanol–water partition coefficient (Wildman–Crippen LogP) is 1.59. The SMILES string of the molecule is CC(O)CNC(=O)Cc1ccc(NS(=O)(=O)c2cccs2)cc1. The maximum atomic E-state index is 12.1. The molecule has 0 bridgehead atoms. The van der Waals surface area contributed by atoms with E-state index < -0.39 is 16.1 Å². The summed E-state index contributed by atoms with van der Waals surface area (Å²) >= 11 is 1.14. The summed E-state index contributed by atoms with van der Waals surface area (Å²) in [7, 11) is -3.56. The van der Waals surface area contributed by atoms with E-state index in [0.29, 0.717) is 5.69 Å². The van der Waals surface area contributed by atoms with Crippen molar-refractivity contribution in [3.8, 4) is 0 Å². The minimum absolute atomic E-state index is 0.171.